The first-order valence-electron chi connectivity index (χ1n) is 6.07. The highest BCUT2D eigenvalue weighted by Crippen LogP contribution is 2.20. The average molecular weight is 287 g/mol. The van der Waals surface area contributed by atoms with E-state index < -0.39 is 0 Å². The van der Waals surface area contributed by atoms with Gasteiger partial charge in [-0.15, -0.1) is 0 Å². The molecule has 0 radical (unpaired) electrons. The van der Waals surface area contributed by atoms with Gasteiger partial charge in [0.1, 0.15) is 0 Å². The van der Waals surface area contributed by atoms with Crippen LogP contribution in [0, 0.1) is 0 Å². The summed E-state index contributed by atoms with van der Waals surface area (Å²) in [6, 6.07) is 4.98. The Kier molecular flexibility index (Phi) is 5.01. The lowest BCUT2D eigenvalue weighted by Gasteiger charge is -2.26. The van der Waals surface area contributed by atoms with E-state index in [4.69, 9.17) is 23.2 Å². The van der Waals surface area contributed by atoms with Crippen molar-refractivity contribution < 1.29 is 4.79 Å². The second-order valence-corrected chi connectivity index (χ2v) is 5.30. The van der Waals surface area contributed by atoms with Gasteiger partial charge in [-0.05, 0) is 18.2 Å². The third kappa shape index (κ3) is 3.95. The van der Waals surface area contributed by atoms with Crippen LogP contribution < -0.4 is 5.32 Å². The molecule has 18 heavy (non-hydrogen) atoms. The SMILES string of the molecule is O=C(CCN1CCNCC1)c1cc(Cl)cc(Cl)c1. The van der Waals surface area contributed by atoms with E-state index in [1.54, 1.807) is 18.2 Å². The van der Waals surface area contributed by atoms with Gasteiger partial charge in [-0.25, -0.2) is 0 Å². The number of hydrogen-bond donors (Lipinski definition) is 1. The molecule has 1 saturated heterocycles. The summed E-state index contributed by atoms with van der Waals surface area (Å²) in [7, 11) is 0. The minimum atomic E-state index is 0.0953. The molecule has 0 saturated carbocycles. The number of Topliss-reactive ketones (excluding diaryl/α,β-unsaturated/α-hetero) is 1. The number of benzene rings is 1. The molecule has 0 aromatic heterocycles. The first kappa shape index (κ1) is 13.8. The zero-order chi connectivity index (χ0) is 13.0. The number of carbonyl (C=O) groups is 1. The smallest absolute Gasteiger partial charge is 0.164 e. The highest BCUT2D eigenvalue weighted by atomic mass is 35.5. The molecule has 0 unspecified atom stereocenters. The fourth-order valence-electron chi connectivity index (χ4n) is 2.05. The van der Waals surface area contributed by atoms with E-state index in [0.717, 1.165) is 32.7 Å². The molecule has 1 aliphatic rings. The number of hydrogen-bond acceptors (Lipinski definition) is 3. The number of nitrogens with one attached hydrogen (secondary N) is 1. The summed E-state index contributed by atoms with van der Waals surface area (Å²) in [5.41, 5.74) is 0.600. The van der Waals surface area contributed by atoms with Gasteiger partial charge in [-0.3, -0.25) is 4.79 Å². The lowest BCUT2D eigenvalue weighted by molar-refractivity contribution is 0.0960. The predicted octanol–water partition coefficient (Wildman–Crippen LogP) is 2.47. The van der Waals surface area contributed by atoms with Crippen LogP contribution in [-0.2, 0) is 0 Å². The lowest BCUT2D eigenvalue weighted by Crippen LogP contribution is -2.44. The van der Waals surface area contributed by atoms with E-state index >= 15 is 0 Å². The molecule has 1 aromatic rings. The molecule has 5 heteroatoms. The Hall–Kier alpha value is -0.610. The van der Waals surface area contributed by atoms with Crippen LogP contribution in [0.25, 0.3) is 0 Å². The Morgan fingerprint density at radius 3 is 2.39 bits per heavy atom. The van der Waals surface area contributed by atoms with Crippen molar-refractivity contribution in [3.05, 3.63) is 33.8 Å². The van der Waals surface area contributed by atoms with E-state index in [-0.39, 0.29) is 5.78 Å². The summed E-state index contributed by atoms with van der Waals surface area (Å²) in [4.78, 5) is 14.3. The summed E-state index contributed by atoms with van der Waals surface area (Å²) >= 11 is 11.8. The van der Waals surface area contributed by atoms with Gasteiger partial charge in [0.25, 0.3) is 0 Å². The molecule has 3 nitrogen and oxygen atoms in total. The maximum Gasteiger partial charge on any atom is 0.164 e. The molecule has 1 aromatic carbocycles. The van der Waals surface area contributed by atoms with Crippen LogP contribution in [0.5, 0.6) is 0 Å². The standard InChI is InChI=1S/C13H16Cl2N2O/c14-11-7-10(8-12(15)9-11)13(18)1-4-17-5-2-16-3-6-17/h7-9,16H,1-6H2. The first-order valence-corrected chi connectivity index (χ1v) is 6.83. The third-order valence-corrected chi connectivity index (χ3v) is 3.49. The Bertz CT molecular complexity index is 411. The monoisotopic (exact) mass is 286 g/mol. The summed E-state index contributed by atoms with van der Waals surface area (Å²) in [6.45, 7) is 4.80. The van der Waals surface area contributed by atoms with Gasteiger partial charge in [0.2, 0.25) is 0 Å². The van der Waals surface area contributed by atoms with E-state index in [9.17, 15) is 4.79 Å². The lowest BCUT2D eigenvalue weighted by atomic mass is 10.1. The van der Waals surface area contributed by atoms with Gasteiger partial charge in [-0.1, -0.05) is 23.2 Å². The Labute approximate surface area is 117 Å². The van der Waals surface area contributed by atoms with Crippen LogP contribution in [0.15, 0.2) is 18.2 Å². The molecular weight excluding hydrogens is 271 g/mol. The fraction of sp³-hybridized carbons (Fsp3) is 0.462. The van der Waals surface area contributed by atoms with Crippen LogP contribution in [0.1, 0.15) is 16.8 Å². The molecule has 0 bridgehead atoms. The maximum absolute atomic E-state index is 12.0. The largest absolute Gasteiger partial charge is 0.314 e. The molecular formula is C13H16Cl2N2O. The minimum absolute atomic E-state index is 0.0953. The minimum Gasteiger partial charge on any atom is -0.314 e. The van der Waals surface area contributed by atoms with Crippen LogP contribution in [-0.4, -0.2) is 43.4 Å². The Morgan fingerprint density at radius 2 is 1.78 bits per heavy atom. The molecule has 0 aliphatic carbocycles. The fourth-order valence-corrected chi connectivity index (χ4v) is 2.58. The van der Waals surface area contributed by atoms with Crippen molar-refractivity contribution in [1.82, 2.24) is 10.2 Å². The zero-order valence-electron chi connectivity index (χ0n) is 10.1. The maximum atomic E-state index is 12.0. The molecule has 1 fully saturated rings. The predicted molar refractivity (Wildman–Crippen MR) is 74.7 cm³/mol. The second kappa shape index (κ2) is 6.53. The van der Waals surface area contributed by atoms with Crippen LogP contribution in [0.4, 0.5) is 0 Å². The molecule has 0 atom stereocenters. The van der Waals surface area contributed by atoms with Crippen LogP contribution in [0.2, 0.25) is 10.0 Å². The van der Waals surface area contributed by atoms with Gasteiger partial charge < -0.3 is 10.2 Å². The number of halogens is 2. The summed E-state index contributed by atoms with van der Waals surface area (Å²) in [5.74, 6) is 0.0953. The number of piperazine rings is 1. The van der Waals surface area contributed by atoms with Gasteiger partial charge in [0.15, 0.2) is 5.78 Å². The van der Waals surface area contributed by atoms with Gasteiger partial charge in [0.05, 0.1) is 0 Å². The number of nitrogens with zero attached hydrogens (tertiary/aromatic N) is 1. The Balaban J connectivity index is 1.90. The van der Waals surface area contributed by atoms with Gasteiger partial charge in [-0.2, -0.15) is 0 Å². The van der Waals surface area contributed by atoms with Crippen molar-refractivity contribution >= 4 is 29.0 Å². The van der Waals surface area contributed by atoms with E-state index in [0.29, 0.717) is 22.0 Å². The first-order chi connectivity index (χ1) is 8.65. The van der Waals surface area contributed by atoms with E-state index in [1.165, 1.54) is 0 Å². The number of ketones is 1. The molecule has 0 spiro atoms. The van der Waals surface area contributed by atoms with Crippen molar-refractivity contribution in [2.75, 3.05) is 32.7 Å². The van der Waals surface area contributed by atoms with Crippen molar-refractivity contribution in [3.8, 4) is 0 Å². The van der Waals surface area contributed by atoms with Crippen LogP contribution >= 0.6 is 23.2 Å². The van der Waals surface area contributed by atoms with E-state index in [1.807, 2.05) is 0 Å². The molecule has 2 rings (SSSR count). The van der Waals surface area contributed by atoms with Gasteiger partial charge >= 0.3 is 0 Å². The molecule has 0 amide bonds. The van der Waals surface area contributed by atoms with Crippen molar-refractivity contribution in [2.24, 2.45) is 0 Å². The van der Waals surface area contributed by atoms with Crippen LogP contribution in [0.3, 0.4) is 0 Å². The van der Waals surface area contributed by atoms with Crippen molar-refractivity contribution in [1.29, 1.82) is 0 Å². The zero-order valence-corrected chi connectivity index (χ0v) is 11.6. The summed E-state index contributed by atoms with van der Waals surface area (Å²) < 4.78 is 0. The van der Waals surface area contributed by atoms with Gasteiger partial charge in [0, 0.05) is 54.8 Å². The topological polar surface area (TPSA) is 32.3 Å². The number of rotatable bonds is 4. The highest BCUT2D eigenvalue weighted by Gasteiger charge is 2.13. The molecule has 1 heterocycles. The molecule has 1 aliphatic heterocycles. The van der Waals surface area contributed by atoms with Crippen molar-refractivity contribution in [3.63, 3.8) is 0 Å². The number of carbonyl (C=O) groups excluding carboxylic acids is 1. The normalized spacial score (nSPS) is 16.8. The quantitative estimate of drug-likeness (QED) is 0.863. The summed E-state index contributed by atoms with van der Waals surface area (Å²) in [6.07, 6.45) is 0.511. The van der Waals surface area contributed by atoms with Crippen molar-refractivity contribution in [2.45, 2.75) is 6.42 Å². The van der Waals surface area contributed by atoms with E-state index in [2.05, 4.69) is 10.2 Å². The Morgan fingerprint density at radius 1 is 1.17 bits per heavy atom. The third-order valence-electron chi connectivity index (χ3n) is 3.05. The molecule has 1 N–H and O–H groups in total. The second-order valence-electron chi connectivity index (χ2n) is 4.42. The average Bonchev–Trinajstić information content (AvgIpc) is 2.36. The molecule has 98 valence electrons. The summed E-state index contributed by atoms with van der Waals surface area (Å²) in [5, 5.41) is 4.30. The highest BCUT2D eigenvalue weighted by molar-refractivity contribution is 6.35.